The van der Waals surface area contributed by atoms with Crippen molar-refractivity contribution in [2.24, 2.45) is 17.3 Å². The van der Waals surface area contributed by atoms with Gasteiger partial charge in [-0.25, -0.2) is 0 Å². The molecule has 4 fully saturated rings. The van der Waals surface area contributed by atoms with Crippen molar-refractivity contribution < 1.29 is 0 Å². The summed E-state index contributed by atoms with van der Waals surface area (Å²) < 4.78 is 0. The van der Waals surface area contributed by atoms with Crippen LogP contribution in [0.25, 0.3) is 0 Å². The van der Waals surface area contributed by atoms with E-state index < -0.39 is 0 Å². The van der Waals surface area contributed by atoms with E-state index in [-0.39, 0.29) is 0 Å². The highest BCUT2D eigenvalue weighted by Gasteiger charge is 2.50. The van der Waals surface area contributed by atoms with Crippen LogP contribution in [0.3, 0.4) is 0 Å². The van der Waals surface area contributed by atoms with Crippen LogP contribution in [0.15, 0.2) is 0 Å². The lowest BCUT2D eigenvalue weighted by Gasteiger charge is -2.54. The zero-order valence-electron chi connectivity index (χ0n) is 7.47. The summed E-state index contributed by atoms with van der Waals surface area (Å²) >= 11 is 0. The molecule has 4 bridgehead atoms. The van der Waals surface area contributed by atoms with Gasteiger partial charge in [0.1, 0.15) is 0 Å². The Balaban J connectivity index is 1.97. The highest BCUT2D eigenvalue weighted by atomic mass is 14.5. The van der Waals surface area contributed by atoms with Crippen LogP contribution in [0.4, 0.5) is 0 Å². The second kappa shape index (κ2) is 2.08. The zero-order chi connectivity index (χ0) is 8.18. The van der Waals surface area contributed by atoms with Crippen LogP contribution in [0.2, 0.25) is 0 Å². The van der Waals surface area contributed by atoms with E-state index in [0.29, 0.717) is 5.41 Å². The summed E-state index contributed by atoms with van der Waals surface area (Å²) in [7, 11) is 0. The van der Waals surface area contributed by atoms with Crippen LogP contribution < -0.4 is 0 Å². The van der Waals surface area contributed by atoms with Crippen molar-refractivity contribution in [2.75, 3.05) is 0 Å². The predicted octanol–water partition coefficient (Wildman–Crippen LogP) is 2.79. The predicted molar refractivity (Wildman–Crippen MR) is 49.2 cm³/mol. The first kappa shape index (κ1) is 7.01. The minimum absolute atomic E-state index is 0.333. The fraction of sp³-hybridized carbons (Fsp3) is 0.750. The maximum atomic E-state index is 5.66. The molecule has 2 unspecified atom stereocenters. The summed E-state index contributed by atoms with van der Waals surface area (Å²) in [6.45, 7) is 0. The summed E-state index contributed by atoms with van der Waals surface area (Å²) in [5, 5.41) is 0. The Morgan fingerprint density at radius 1 is 1.25 bits per heavy atom. The summed E-state index contributed by atoms with van der Waals surface area (Å²) in [5.41, 5.74) is 0.333. The van der Waals surface area contributed by atoms with Crippen molar-refractivity contribution in [1.29, 1.82) is 0 Å². The van der Waals surface area contributed by atoms with E-state index in [1.165, 1.54) is 38.5 Å². The number of hydrogen-bond acceptors (Lipinski definition) is 0. The van der Waals surface area contributed by atoms with Crippen LogP contribution in [0.5, 0.6) is 0 Å². The smallest absolute Gasteiger partial charge is 0.0322 e. The van der Waals surface area contributed by atoms with Gasteiger partial charge in [-0.2, -0.15) is 0 Å². The standard InChI is InChI=1S/C12H15/c1-2-12-6-9-3-10(7-12)5-11(4-9)8-12/h1,9-10H,3-8H2. The Morgan fingerprint density at radius 2 is 1.92 bits per heavy atom. The van der Waals surface area contributed by atoms with Gasteiger partial charge in [0.15, 0.2) is 0 Å². The van der Waals surface area contributed by atoms with Crippen molar-refractivity contribution in [2.45, 2.75) is 38.5 Å². The SMILES string of the molecule is C#CC12C[C]3CC(CC(C3)C1)C2. The van der Waals surface area contributed by atoms with Gasteiger partial charge in [0.2, 0.25) is 0 Å². The molecule has 4 saturated carbocycles. The quantitative estimate of drug-likeness (QED) is 0.477. The zero-order valence-corrected chi connectivity index (χ0v) is 7.47. The molecule has 12 heavy (non-hydrogen) atoms. The molecular weight excluding hydrogens is 144 g/mol. The molecule has 63 valence electrons. The molecular formula is C12H15. The van der Waals surface area contributed by atoms with Gasteiger partial charge in [-0.3, -0.25) is 0 Å². The van der Waals surface area contributed by atoms with E-state index in [2.05, 4.69) is 5.92 Å². The highest BCUT2D eigenvalue weighted by Crippen LogP contribution is 2.60. The second-order valence-corrected chi connectivity index (χ2v) is 5.14. The highest BCUT2D eigenvalue weighted by molar-refractivity contribution is 5.22. The molecule has 0 heteroatoms. The third-order valence-corrected chi connectivity index (χ3v) is 4.07. The molecule has 1 radical (unpaired) electrons. The fourth-order valence-electron chi connectivity index (χ4n) is 3.97. The Morgan fingerprint density at radius 3 is 2.42 bits per heavy atom. The Hall–Kier alpha value is -0.440. The van der Waals surface area contributed by atoms with Gasteiger partial charge >= 0.3 is 0 Å². The normalized spacial score (nSPS) is 50.9. The van der Waals surface area contributed by atoms with Gasteiger partial charge in [0.25, 0.3) is 0 Å². The minimum atomic E-state index is 0.333. The van der Waals surface area contributed by atoms with Gasteiger partial charge in [0.05, 0.1) is 0 Å². The van der Waals surface area contributed by atoms with Crippen LogP contribution in [-0.4, -0.2) is 0 Å². The van der Waals surface area contributed by atoms with Gasteiger partial charge < -0.3 is 0 Å². The Bertz CT molecular complexity index is 208. The van der Waals surface area contributed by atoms with Crippen LogP contribution in [-0.2, 0) is 0 Å². The topological polar surface area (TPSA) is 0 Å². The first-order valence-electron chi connectivity index (χ1n) is 5.11. The third-order valence-electron chi connectivity index (χ3n) is 4.07. The van der Waals surface area contributed by atoms with E-state index in [9.17, 15) is 0 Å². The average molecular weight is 159 g/mol. The summed E-state index contributed by atoms with van der Waals surface area (Å²) in [6.07, 6.45) is 13.9. The molecule has 4 aliphatic carbocycles. The molecule has 4 rings (SSSR count). The van der Waals surface area contributed by atoms with Crippen molar-refractivity contribution in [1.82, 2.24) is 0 Å². The molecule has 0 aliphatic heterocycles. The van der Waals surface area contributed by atoms with Crippen molar-refractivity contribution in [3.05, 3.63) is 5.92 Å². The molecule has 0 aromatic heterocycles. The molecule has 0 aromatic rings. The summed E-state index contributed by atoms with van der Waals surface area (Å²) in [4.78, 5) is 0. The third kappa shape index (κ3) is 0.802. The molecule has 0 saturated heterocycles. The molecule has 0 amide bonds. The van der Waals surface area contributed by atoms with E-state index in [0.717, 1.165) is 11.8 Å². The van der Waals surface area contributed by atoms with Crippen LogP contribution >= 0.6 is 0 Å². The molecule has 0 heterocycles. The number of rotatable bonds is 0. The lowest BCUT2D eigenvalue weighted by molar-refractivity contribution is 0.0478. The first-order valence-corrected chi connectivity index (χ1v) is 5.11. The Kier molecular flexibility index (Phi) is 1.21. The lowest BCUT2D eigenvalue weighted by Crippen LogP contribution is -2.44. The largest absolute Gasteiger partial charge is 0.120 e. The second-order valence-electron chi connectivity index (χ2n) is 5.14. The monoisotopic (exact) mass is 159 g/mol. The number of hydrogen-bond donors (Lipinski definition) is 0. The summed E-state index contributed by atoms with van der Waals surface area (Å²) in [6, 6.07) is 0. The lowest BCUT2D eigenvalue weighted by atomic mass is 9.50. The Labute approximate surface area is 74.7 Å². The van der Waals surface area contributed by atoms with E-state index in [1.807, 2.05) is 0 Å². The van der Waals surface area contributed by atoms with Gasteiger partial charge in [0, 0.05) is 5.41 Å². The minimum Gasteiger partial charge on any atom is -0.120 e. The summed E-state index contributed by atoms with van der Waals surface area (Å²) in [5.74, 6) is 6.83. The van der Waals surface area contributed by atoms with E-state index in [4.69, 9.17) is 6.42 Å². The van der Waals surface area contributed by atoms with Crippen molar-refractivity contribution >= 4 is 0 Å². The van der Waals surface area contributed by atoms with Crippen molar-refractivity contribution in [3.63, 3.8) is 0 Å². The molecule has 2 atom stereocenters. The molecule has 0 N–H and O–H groups in total. The van der Waals surface area contributed by atoms with Crippen LogP contribution in [0, 0.1) is 35.5 Å². The average Bonchev–Trinajstić information content (AvgIpc) is 2.02. The van der Waals surface area contributed by atoms with Gasteiger partial charge in [-0.1, -0.05) is 5.92 Å². The number of terminal acetylenes is 1. The molecule has 0 nitrogen and oxygen atoms in total. The molecule has 4 aliphatic rings. The van der Waals surface area contributed by atoms with Crippen molar-refractivity contribution in [3.8, 4) is 12.3 Å². The van der Waals surface area contributed by atoms with Crippen LogP contribution in [0.1, 0.15) is 38.5 Å². The van der Waals surface area contributed by atoms with E-state index >= 15 is 0 Å². The maximum absolute atomic E-state index is 5.66. The molecule has 0 aromatic carbocycles. The fourth-order valence-corrected chi connectivity index (χ4v) is 3.97. The maximum Gasteiger partial charge on any atom is 0.0322 e. The van der Waals surface area contributed by atoms with E-state index in [1.54, 1.807) is 5.92 Å². The van der Waals surface area contributed by atoms with Gasteiger partial charge in [-0.05, 0) is 56.3 Å². The molecule has 0 spiro atoms. The first-order chi connectivity index (χ1) is 5.80. The van der Waals surface area contributed by atoms with Gasteiger partial charge in [-0.15, -0.1) is 6.42 Å².